The highest BCUT2D eigenvalue weighted by molar-refractivity contribution is 7.18. The highest BCUT2D eigenvalue weighted by atomic mass is 35.5. The molecule has 0 aliphatic heterocycles. The van der Waals surface area contributed by atoms with Crippen LogP contribution >= 0.6 is 22.9 Å². The molecule has 2 heterocycles. The Kier molecular flexibility index (Phi) is 4.36. The first kappa shape index (κ1) is 15.0. The molecule has 0 bridgehead atoms. The predicted octanol–water partition coefficient (Wildman–Crippen LogP) is 4.92. The molecule has 0 spiro atoms. The second-order valence-corrected chi connectivity index (χ2v) is 7.59. The molecule has 2 aromatic rings. The van der Waals surface area contributed by atoms with E-state index in [2.05, 4.69) is 41.8 Å². The van der Waals surface area contributed by atoms with Gasteiger partial charge < -0.3 is 4.90 Å². The summed E-state index contributed by atoms with van der Waals surface area (Å²) in [6, 6.07) is 2.79. The third-order valence-corrected chi connectivity index (χ3v) is 5.88. The largest absolute Gasteiger partial charge is 0.356 e. The van der Waals surface area contributed by atoms with Gasteiger partial charge in [0, 0.05) is 18.0 Å². The molecule has 0 aromatic carbocycles. The normalized spacial score (nSPS) is 22.7. The molecule has 2 aromatic heterocycles. The molecule has 2 unspecified atom stereocenters. The summed E-state index contributed by atoms with van der Waals surface area (Å²) < 4.78 is 0. The van der Waals surface area contributed by atoms with Crippen LogP contribution in [0.5, 0.6) is 0 Å². The van der Waals surface area contributed by atoms with Crippen LogP contribution in [0.3, 0.4) is 0 Å². The molecule has 0 saturated heterocycles. The van der Waals surface area contributed by atoms with Crippen molar-refractivity contribution in [3.05, 3.63) is 16.2 Å². The average molecular weight is 324 g/mol. The van der Waals surface area contributed by atoms with E-state index in [4.69, 9.17) is 11.6 Å². The maximum absolute atomic E-state index is 6.15. The molecule has 0 radical (unpaired) electrons. The zero-order valence-corrected chi connectivity index (χ0v) is 14.5. The second kappa shape index (κ2) is 6.09. The number of rotatable bonds is 3. The summed E-state index contributed by atoms with van der Waals surface area (Å²) in [6.45, 7) is 4.52. The Balaban J connectivity index is 1.99. The van der Waals surface area contributed by atoms with Gasteiger partial charge in [0.25, 0.3) is 0 Å². The maximum Gasteiger partial charge on any atom is 0.225 e. The van der Waals surface area contributed by atoms with E-state index >= 15 is 0 Å². The molecule has 1 fully saturated rings. The molecule has 0 N–H and O–H groups in total. The molecular weight excluding hydrogens is 302 g/mol. The van der Waals surface area contributed by atoms with Crippen molar-refractivity contribution in [3.63, 3.8) is 0 Å². The molecule has 3 rings (SSSR count). The van der Waals surface area contributed by atoms with Gasteiger partial charge in [0.15, 0.2) is 0 Å². The minimum absolute atomic E-state index is 0.359. The fraction of sp³-hybridized carbons (Fsp3) is 0.625. The van der Waals surface area contributed by atoms with E-state index in [1.54, 1.807) is 11.3 Å². The molecule has 1 saturated carbocycles. The Morgan fingerprint density at radius 3 is 2.90 bits per heavy atom. The number of fused-ring (bicyclic) bond motifs is 1. The fourth-order valence-electron chi connectivity index (χ4n) is 3.30. The third kappa shape index (κ3) is 3.02. The number of halogens is 1. The second-order valence-electron chi connectivity index (χ2n) is 6.14. The van der Waals surface area contributed by atoms with Crippen molar-refractivity contribution in [1.82, 2.24) is 9.97 Å². The molecule has 1 aliphatic rings. The van der Waals surface area contributed by atoms with Crippen molar-refractivity contribution >= 4 is 39.0 Å². The first-order valence-corrected chi connectivity index (χ1v) is 8.96. The number of hydrogen-bond acceptors (Lipinski definition) is 4. The van der Waals surface area contributed by atoms with E-state index in [0.29, 0.717) is 11.3 Å². The molecule has 2 atom stereocenters. The standard InChI is InChI=1S/C16H22ClN3S/c1-4-12-9-13-14(18-16(17)19-15(13)21-12)20(3)11-7-5-6-10(2)8-11/h9-11H,4-8H2,1-3H3. The summed E-state index contributed by atoms with van der Waals surface area (Å²) in [5.74, 6) is 1.80. The SMILES string of the molecule is CCc1cc2c(N(C)C3CCCC(C)C3)nc(Cl)nc2s1. The first-order valence-electron chi connectivity index (χ1n) is 7.77. The smallest absolute Gasteiger partial charge is 0.225 e. The van der Waals surface area contributed by atoms with Gasteiger partial charge in [0.2, 0.25) is 5.28 Å². The Morgan fingerprint density at radius 1 is 1.38 bits per heavy atom. The van der Waals surface area contributed by atoms with Crippen molar-refractivity contribution in [2.75, 3.05) is 11.9 Å². The average Bonchev–Trinajstić information content (AvgIpc) is 2.88. The third-order valence-electron chi connectivity index (χ3n) is 4.54. The minimum Gasteiger partial charge on any atom is -0.356 e. The lowest BCUT2D eigenvalue weighted by atomic mass is 9.86. The van der Waals surface area contributed by atoms with Crippen LogP contribution in [0.4, 0.5) is 5.82 Å². The lowest BCUT2D eigenvalue weighted by Gasteiger charge is -2.35. The van der Waals surface area contributed by atoms with E-state index in [0.717, 1.165) is 28.4 Å². The van der Waals surface area contributed by atoms with Crippen LogP contribution in [0, 0.1) is 5.92 Å². The van der Waals surface area contributed by atoms with Crippen LogP contribution in [0.25, 0.3) is 10.2 Å². The van der Waals surface area contributed by atoms with Gasteiger partial charge in [-0.2, -0.15) is 4.98 Å². The molecule has 5 heteroatoms. The quantitative estimate of drug-likeness (QED) is 0.750. The Bertz CT molecular complexity index is 640. The van der Waals surface area contributed by atoms with Gasteiger partial charge in [0.1, 0.15) is 10.6 Å². The number of nitrogens with zero attached hydrogens (tertiary/aromatic N) is 3. The molecular formula is C16H22ClN3S. The minimum atomic E-state index is 0.359. The summed E-state index contributed by atoms with van der Waals surface area (Å²) in [6.07, 6.45) is 6.17. The van der Waals surface area contributed by atoms with Crippen molar-refractivity contribution in [2.45, 2.75) is 52.0 Å². The van der Waals surface area contributed by atoms with Gasteiger partial charge in [-0.15, -0.1) is 11.3 Å². The Hall–Kier alpha value is -0.870. The highest BCUT2D eigenvalue weighted by Gasteiger charge is 2.25. The molecule has 1 aliphatic carbocycles. The van der Waals surface area contributed by atoms with Gasteiger partial charge >= 0.3 is 0 Å². The molecule has 3 nitrogen and oxygen atoms in total. The molecule has 114 valence electrons. The van der Waals surface area contributed by atoms with Gasteiger partial charge in [-0.25, -0.2) is 4.98 Å². The van der Waals surface area contributed by atoms with Gasteiger partial charge in [-0.05, 0) is 42.8 Å². The number of aromatic nitrogens is 2. The van der Waals surface area contributed by atoms with Crippen molar-refractivity contribution in [2.24, 2.45) is 5.92 Å². The number of aryl methyl sites for hydroxylation is 1. The van der Waals surface area contributed by atoms with E-state index in [1.807, 2.05) is 0 Å². The zero-order chi connectivity index (χ0) is 15.0. The summed E-state index contributed by atoms with van der Waals surface area (Å²) in [5.41, 5.74) is 0. The first-order chi connectivity index (χ1) is 10.1. The van der Waals surface area contributed by atoms with Crippen molar-refractivity contribution in [1.29, 1.82) is 0 Å². The Labute approximate surface area is 135 Å². The van der Waals surface area contributed by atoms with Gasteiger partial charge in [-0.1, -0.05) is 26.7 Å². The highest BCUT2D eigenvalue weighted by Crippen LogP contribution is 2.35. The van der Waals surface area contributed by atoms with Crippen LogP contribution in [0.2, 0.25) is 5.28 Å². The molecule has 0 amide bonds. The van der Waals surface area contributed by atoms with Crippen LogP contribution in [-0.4, -0.2) is 23.1 Å². The molecule has 21 heavy (non-hydrogen) atoms. The summed E-state index contributed by atoms with van der Waals surface area (Å²) in [7, 11) is 2.16. The summed E-state index contributed by atoms with van der Waals surface area (Å²) >= 11 is 7.87. The van der Waals surface area contributed by atoms with E-state index in [-0.39, 0.29) is 0 Å². The fourth-order valence-corrected chi connectivity index (χ4v) is 4.48. The Morgan fingerprint density at radius 2 is 2.19 bits per heavy atom. The van der Waals surface area contributed by atoms with Crippen molar-refractivity contribution in [3.8, 4) is 0 Å². The topological polar surface area (TPSA) is 29.0 Å². The van der Waals surface area contributed by atoms with E-state index in [9.17, 15) is 0 Å². The summed E-state index contributed by atoms with van der Waals surface area (Å²) in [4.78, 5) is 13.6. The lowest BCUT2D eigenvalue weighted by molar-refractivity contribution is 0.336. The van der Waals surface area contributed by atoms with Crippen LogP contribution in [0.1, 0.15) is 44.4 Å². The zero-order valence-electron chi connectivity index (χ0n) is 12.9. The van der Waals surface area contributed by atoms with Crippen LogP contribution < -0.4 is 4.90 Å². The van der Waals surface area contributed by atoms with Gasteiger partial charge in [-0.3, -0.25) is 0 Å². The van der Waals surface area contributed by atoms with E-state index < -0.39 is 0 Å². The monoisotopic (exact) mass is 323 g/mol. The van der Waals surface area contributed by atoms with Crippen molar-refractivity contribution < 1.29 is 0 Å². The summed E-state index contributed by atoms with van der Waals surface area (Å²) in [5, 5.41) is 1.51. The van der Waals surface area contributed by atoms with Crippen LogP contribution in [-0.2, 0) is 6.42 Å². The number of hydrogen-bond donors (Lipinski definition) is 0. The predicted molar refractivity (Wildman–Crippen MR) is 91.6 cm³/mol. The van der Waals surface area contributed by atoms with Crippen LogP contribution in [0.15, 0.2) is 6.07 Å². The van der Waals surface area contributed by atoms with Gasteiger partial charge in [0.05, 0.1) is 5.39 Å². The number of anilines is 1. The number of thiophene rings is 1. The maximum atomic E-state index is 6.15. The van der Waals surface area contributed by atoms with E-state index in [1.165, 1.54) is 30.6 Å². The lowest BCUT2D eigenvalue weighted by Crippen LogP contribution is -2.36.